The molecule has 1 saturated carbocycles. The fourth-order valence-electron chi connectivity index (χ4n) is 1.95. The van der Waals surface area contributed by atoms with Crippen LogP contribution in [0.5, 0.6) is 0 Å². The highest BCUT2D eigenvalue weighted by molar-refractivity contribution is 7.99. The summed E-state index contributed by atoms with van der Waals surface area (Å²) < 4.78 is 0. The predicted molar refractivity (Wildman–Crippen MR) is 63.9 cm³/mol. The van der Waals surface area contributed by atoms with Gasteiger partial charge >= 0.3 is 5.97 Å². The van der Waals surface area contributed by atoms with E-state index in [-0.39, 0.29) is 5.69 Å². The maximum absolute atomic E-state index is 10.8. The highest BCUT2D eigenvalue weighted by Gasteiger charge is 2.15. The Morgan fingerprint density at radius 1 is 1.31 bits per heavy atom. The predicted octanol–water partition coefficient (Wildman–Crippen LogP) is 3.20. The van der Waals surface area contributed by atoms with E-state index >= 15 is 0 Å². The molecule has 0 atom stereocenters. The molecule has 1 aliphatic rings. The molecule has 0 spiro atoms. The van der Waals surface area contributed by atoms with Crippen molar-refractivity contribution < 1.29 is 9.90 Å². The molecule has 0 unspecified atom stereocenters. The van der Waals surface area contributed by atoms with Gasteiger partial charge < -0.3 is 5.11 Å². The largest absolute Gasteiger partial charge is 0.477 e. The molecular weight excluding hydrogens is 222 g/mol. The van der Waals surface area contributed by atoms with E-state index in [0.29, 0.717) is 5.25 Å². The topological polar surface area (TPSA) is 50.2 Å². The Morgan fingerprint density at radius 3 is 2.75 bits per heavy atom. The van der Waals surface area contributed by atoms with Gasteiger partial charge in [0, 0.05) is 5.25 Å². The molecule has 0 bridgehead atoms. The molecule has 1 fully saturated rings. The highest BCUT2D eigenvalue weighted by Crippen LogP contribution is 2.32. The number of rotatable bonds is 3. The molecule has 1 aromatic heterocycles. The number of hydrogen-bond donors (Lipinski definition) is 1. The van der Waals surface area contributed by atoms with Crippen molar-refractivity contribution in [3.63, 3.8) is 0 Å². The Hall–Kier alpha value is -1.03. The monoisotopic (exact) mass is 237 g/mol. The van der Waals surface area contributed by atoms with E-state index in [1.54, 1.807) is 17.8 Å². The first-order valence-corrected chi connectivity index (χ1v) is 6.50. The first kappa shape index (κ1) is 11.5. The number of nitrogens with zero attached hydrogens (tertiary/aromatic N) is 1. The van der Waals surface area contributed by atoms with Crippen molar-refractivity contribution in [3.8, 4) is 0 Å². The van der Waals surface area contributed by atoms with Crippen molar-refractivity contribution in [1.29, 1.82) is 0 Å². The summed E-state index contributed by atoms with van der Waals surface area (Å²) in [4.78, 5) is 14.9. The fraction of sp³-hybridized carbons (Fsp3) is 0.500. The minimum Gasteiger partial charge on any atom is -0.477 e. The highest BCUT2D eigenvalue weighted by atomic mass is 32.2. The van der Waals surface area contributed by atoms with Crippen LogP contribution in [0.1, 0.15) is 42.6 Å². The third kappa shape index (κ3) is 2.98. The first-order valence-electron chi connectivity index (χ1n) is 5.63. The van der Waals surface area contributed by atoms with Crippen molar-refractivity contribution in [2.75, 3.05) is 0 Å². The average molecular weight is 237 g/mol. The summed E-state index contributed by atoms with van der Waals surface area (Å²) >= 11 is 1.72. The van der Waals surface area contributed by atoms with Crippen LogP contribution in [0.4, 0.5) is 0 Å². The summed E-state index contributed by atoms with van der Waals surface area (Å²) in [5.74, 6) is -0.953. The number of carboxylic acid groups (broad SMARTS) is 1. The Bertz CT molecular complexity index is 375. The van der Waals surface area contributed by atoms with Crippen molar-refractivity contribution >= 4 is 17.7 Å². The van der Waals surface area contributed by atoms with Gasteiger partial charge in [-0.25, -0.2) is 9.78 Å². The number of hydrogen-bond acceptors (Lipinski definition) is 3. The van der Waals surface area contributed by atoms with E-state index < -0.39 is 5.97 Å². The van der Waals surface area contributed by atoms with Crippen LogP contribution in [0, 0.1) is 0 Å². The quantitative estimate of drug-likeness (QED) is 0.877. The lowest BCUT2D eigenvalue weighted by molar-refractivity contribution is 0.0689. The van der Waals surface area contributed by atoms with Crippen LogP contribution in [-0.2, 0) is 0 Å². The summed E-state index contributed by atoms with van der Waals surface area (Å²) in [6.07, 6.45) is 6.36. The molecule has 16 heavy (non-hydrogen) atoms. The number of aromatic nitrogens is 1. The van der Waals surface area contributed by atoms with Crippen molar-refractivity contribution in [1.82, 2.24) is 4.98 Å². The van der Waals surface area contributed by atoms with Crippen LogP contribution in [0.2, 0.25) is 0 Å². The lowest BCUT2D eigenvalue weighted by Gasteiger charge is -2.20. The van der Waals surface area contributed by atoms with Gasteiger partial charge in [-0.1, -0.05) is 25.3 Å². The van der Waals surface area contributed by atoms with Crippen LogP contribution in [-0.4, -0.2) is 21.3 Å². The van der Waals surface area contributed by atoms with Crippen LogP contribution >= 0.6 is 11.8 Å². The van der Waals surface area contributed by atoms with Crippen molar-refractivity contribution in [2.24, 2.45) is 0 Å². The lowest BCUT2D eigenvalue weighted by atomic mass is 10.0. The van der Waals surface area contributed by atoms with Crippen LogP contribution < -0.4 is 0 Å². The number of pyridine rings is 1. The Labute approximate surface area is 99.3 Å². The molecule has 0 amide bonds. The zero-order chi connectivity index (χ0) is 11.4. The van der Waals surface area contributed by atoms with Gasteiger partial charge in [-0.3, -0.25) is 0 Å². The number of carbonyl (C=O) groups is 1. The lowest BCUT2D eigenvalue weighted by Crippen LogP contribution is -2.08. The molecule has 1 aliphatic carbocycles. The molecule has 1 aromatic rings. The van der Waals surface area contributed by atoms with Gasteiger partial charge in [0.15, 0.2) is 0 Å². The second-order valence-electron chi connectivity index (χ2n) is 4.04. The average Bonchev–Trinajstić information content (AvgIpc) is 2.30. The SMILES string of the molecule is O=C(O)c1cccc(SC2CCCCC2)n1. The van der Waals surface area contributed by atoms with Gasteiger partial charge in [0.05, 0.1) is 5.03 Å². The third-order valence-corrected chi connectivity index (χ3v) is 4.06. The van der Waals surface area contributed by atoms with Crippen molar-refractivity contribution in [2.45, 2.75) is 42.4 Å². The van der Waals surface area contributed by atoms with Gasteiger partial charge in [-0.15, -0.1) is 11.8 Å². The summed E-state index contributed by atoms with van der Waals surface area (Å²) in [5, 5.41) is 10.3. The van der Waals surface area contributed by atoms with Crippen LogP contribution in [0.15, 0.2) is 23.2 Å². The normalized spacial score (nSPS) is 17.2. The summed E-state index contributed by atoms with van der Waals surface area (Å²) in [6.45, 7) is 0. The number of thioether (sulfide) groups is 1. The summed E-state index contributed by atoms with van der Waals surface area (Å²) in [6, 6.07) is 5.20. The fourth-order valence-corrected chi connectivity index (χ4v) is 3.17. The maximum atomic E-state index is 10.8. The first-order chi connectivity index (χ1) is 7.75. The number of carboxylic acids is 1. The van der Waals surface area contributed by atoms with E-state index in [0.717, 1.165) is 5.03 Å². The molecule has 1 heterocycles. The molecular formula is C12H15NO2S. The van der Waals surface area contributed by atoms with Gasteiger partial charge in [0.2, 0.25) is 0 Å². The van der Waals surface area contributed by atoms with E-state index in [1.807, 2.05) is 6.07 Å². The molecule has 3 nitrogen and oxygen atoms in total. The van der Waals surface area contributed by atoms with Gasteiger partial charge in [-0.2, -0.15) is 0 Å². The molecule has 0 aliphatic heterocycles. The van der Waals surface area contributed by atoms with E-state index in [4.69, 9.17) is 5.11 Å². The zero-order valence-electron chi connectivity index (χ0n) is 9.06. The van der Waals surface area contributed by atoms with Gasteiger partial charge in [0.1, 0.15) is 5.69 Å². The Morgan fingerprint density at radius 2 is 2.06 bits per heavy atom. The minimum absolute atomic E-state index is 0.140. The minimum atomic E-state index is -0.953. The summed E-state index contributed by atoms with van der Waals surface area (Å²) in [7, 11) is 0. The summed E-state index contributed by atoms with van der Waals surface area (Å²) in [5.41, 5.74) is 0.140. The second-order valence-corrected chi connectivity index (χ2v) is 5.36. The Balaban J connectivity index is 2.02. The zero-order valence-corrected chi connectivity index (χ0v) is 9.87. The smallest absolute Gasteiger partial charge is 0.354 e. The molecule has 0 saturated heterocycles. The van der Waals surface area contributed by atoms with Crippen molar-refractivity contribution in [3.05, 3.63) is 23.9 Å². The molecule has 0 radical (unpaired) electrons. The standard InChI is InChI=1S/C12H15NO2S/c14-12(15)10-7-4-8-11(13-10)16-9-5-2-1-3-6-9/h4,7-9H,1-3,5-6H2,(H,14,15). The molecule has 1 N–H and O–H groups in total. The van der Waals surface area contributed by atoms with Gasteiger partial charge in [0.25, 0.3) is 0 Å². The third-order valence-electron chi connectivity index (χ3n) is 2.78. The molecule has 2 rings (SSSR count). The molecule has 86 valence electrons. The Kier molecular flexibility index (Phi) is 3.83. The number of aromatic carboxylic acids is 1. The second kappa shape index (κ2) is 5.34. The van der Waals surface area contributed by atoms with Crippen LogP contribution in [0.3, 0.4) is 0 Å². The van der Waals surface area contributed by atoms with E-state index in [1.165, 1.54) is 38.2 Å². The van der Waals surface area contributed by atoms with Crippen LogP contribution in [0.25, 0.3) is 0 Å². The molecule has 0 aromatic carbocycles. The maximum Gasteiger partial charge on any atom is 0.354 e. The van der Waals surface area contributed by atoms with E-state index in [2.05, 4.69) is 4.98 Å². The molecule has 4 heteroatoms. The van der Waals surface area contributed by atoms with Gasteiger partial charge in [-0.05, 0) is 25.0 Å². The van der Waals surface area contributed by atoms with E-state index in [9.17, 15) is 4.79 Å².